The van der Waals surface area contributed by atoms with Crippen molar-refractivity contribution in [1.29, 1.82) is 0 Å². The second-order valence-electron chi connectivity index (χ2n) is 7.69. The minimum atomic E-state index is -0.600. The van der Waals surface area contributed by atoms with Crippen LogP contribution in [-0.4, -0.2) is 56.3 Å². The number of carbonyl (C=O) groups is 1. The molecule has 0 aromatic heterocycles. The summed E-state index contributed by atoms with van der Waals surface area (Å²) in [5.41, 5.74) is 0.715. The summed E-state index contributed by atoms with van der Waals surface area (Å²) in [6, 6.07) is 2.89. The fourth-order valence-electron chi connectivity index (χ4n) is 4.00. The summed E-state index contributed by atoms with van der Waals surface area (Å²) < 4.78 is 39.6. The van der Waals surface area contributed by atoms with Crippen molar-refractivity contribution >= 4 is 18.4 Å². The third-order valence-electron chi connectivity index (χ3n) is 5.57. The summed E-state index contributed by atoms with van der Waals surface area (Å²) in [5.74, 6) is -1.54. The number of hydrogen-bond acceptors (Lipinski definition) is 5. The van der Waals surface area contributed by atoms with Gasteiger partial charge in [0, 0.05) is 13.5 Å². The van der Waals surface area contributed by atoms with Crippen LogP contribution in [0.25, 0.3) is 0 Å². The lowest BCUT2D eigenvalue weighted by Crippen LogP contribution is -2.34. The number of ether oxygens (including phenoxy) is 2. The highest BCUT2D eigenvalue weighted by Gasteiger charge is 2.25. The van der Waals surface area contributed by atoms with E-state index in [4.69, 9.17) is 9.47 Å². The molecule has 2 saturated heterocycles. The SMILES string of the molecule is CC(=O)OCCCN1CCC(c2cc(F)c(OC3CCNCC3)c(F)c2)CC1.Cl. The number of likely N-dealkylation sites (tertiary alicyclic amines) is 1. The van der Waals surface area contributed by atoms with Crippen molar-refractivity contribution in [1.82, 2.24) is 10.2 Å². The van der Waals surface area contributed by atoms with E-state index in [1.54, 1.807) is 0 Å². The molecule has 8 heteroatoms. The molecule has 0 radical (unpaired) electrons. The quantitative estimate of drug-likeness (QED) is 0.526. The zero-order valence-electron chi connectivity index (χ0n) is 16.9. The highest BCUT2D eigenvalue weighted by molar-refractivity contribution is 5.85. The van der Waals surface area contributed by atoms with Crippen LogP contribution >= 0.6 is 12.4 Å². The first-order valence-electron chi connectivity index (χ1n) is 10.2. The fraction of sp³-hybridized carbons (Fsp3) is 0.667. The molecule has 3 rings (SSSR count). The van der Waals surface area contributed by atoms with E-state index in [-0.39, 0.29) is 36.1 Å². The number of nitrogens with zero attached hydrogens (tertiary/aromatic N) is 1. The maximum atomic E-state index is 14.5. The van der Waals surface area contributed by atoms with Crippen LogP contribution in [0.2, 0.25) is 0 Å². The normalized spacial score (nSPS) is 18.9. The van der Waals surface area contributed by atoms with E-state index in [0.717, 1.165) is 64.8 Å². The number of carbonyl (C=O) groups excluding carboxylic acids is 1. The lowest BCUT2D eigenvalue weighted by atomic mass is 9.89. The van der Waals surface area contributed by atoms with E-state index >= 15 is 0 Å². The van der Waals surface area contributed by atoms with Crippen LogP contribution in [0.5, 0.6) is 5.75 Å². The Morgan fingerprint density at radius 2 is 1.76 bits per heavy atom. The Morgan fingerprint density at radius 3 is 2.34 bits per heavy atom. The van der Waals surface area contributed by atoms with Crippen LogP contribution in [0.4, 0.5) is 8.78 Å². The molecular formula is C21H31ClF2N2O3. The van der Waals surface area contributed by atoms with Crippen molar-refractivity contribution in [3.63, 3.8) is 0 Å². The maximum absolute atomic E-state index is 14.5. The van der Waals surface area contributed by atoms with Crippen molar-refractivity contribution in [3.8, 4) is 5.75 Å². The lowest BCUT2D eigenvalue weighted by Gasteiger charge is -2.32. The topological polar surface area (TPSA) is 50.8 Å². The summed E-state index contributed by atoms with van der Waals surface area (Å²) in [6.45, 7) is 6.09. The Hall–Kier alpha value is -1.44. The summed E-state index contributed by atoms with van der Waals surface area (Å²) in [5, 5.41) is 3.21. The monoisotopic (exact) mass is 432 g/mol. The number of esters is 1. The average molecular weight is 433 g/mol. The van der Waals surface area contributed by atoms with Crippen LogP contribution < -0.4 is 10.1 Å². The minimum Gasteiger partial charge on any atom is -0.484 e. The number of piperidine rings is 2. The first kappa shape index (κ1) is 23.8. The fourth-order valence-corrected chi connectivity index (χ4v) is 4.00. The molecule has 2 aliphatic heterocycles. The van der Waals surface area contributed by atoms with Gasteiger partial charge < -0.3 is 19.7 Å². The molecule has 1 aromatic rings. The predicted octanol–water partition coefficient (Wildman–Crippen LogP) is 3.65. The Bertz CT molecular complexity index is 640. The van der Waals surface area contributed by atoms with Gasteiger partial charge in [0.15, 0.2) is 17.4 Å². The molecule has 0 spiro atoms. The summed E-state index contributed by atoms with van der Waals surface area (Å²) >= 11 is 0. The van der Waals surface area contributed by atoms with Crippen LogP contribution in [0.3, 0.4) is 0 Å². The molecule has 0 atom stereocenters. The number of halogens is 3. The number of benzene rings is 1. The third-order valence-corrected chi connectivity index (χ3v) is 5.57. The van der Waals surface area contributed by atoms with Gasteiger partial charge in [-0.25, -0.2) is 8.78 Å². The number of nitrogens with one attached hydrogen (secondary N) is 1. The van der Waals surface area contributed by atoms with Gasteiger partial charge in [-0.2, -0.15) is 0 Å². The third kappa shape index (κ3) is 7.08. The van der Waals surface area contributed by atoms with E-state index in [1.807, 2.05) is 0 Å². The van der Waals surface area contributed by atoms with E-state index in [0.29, 0.717) is 12.2 Å². The van der Waals surface area contributed by atoms with Gasteiger partial charge in [0.1, 0.15) is 6.10 Å². The van der Waals surface area contributed by atoms with Crippen molar-refractivity contribution in [2.45, 2.75) is 51.0 Å². The molecule has 0 saturated carbocycles. The molecule has 1 N–H and O–H groups in total. The lowest BCUT2D eigenvalue weighted by molar-refractivity contribution is -0.141. The first-order chi connectivity index (χ1) is 13.5. The zero-order valence-corrected chi connectivity index (χ0v) is 17.7. The molecule has 0 aliphatic carbocycles. The molecule has 29 heavy (non-hydrogen) atoms. The Kier molecular flexibility index (Phi) is 9.59. The van der Waals surface area contributed by atoms with E-state index in [9.17, 15) is 13.6 Å². The van der Waals surface area contributed by atoms with Gasteiger partial charge in [0.05, 0.1) is 6.61 Å². The molecular weight excluding hydrogens is 402 g/mol. The molecule has 1 aromatic carbocycles. The largest absolute Gasteiger partial charge is 0.484 e. The highest BCUT2D eigenvalue weighted by atomic mass is 35.5. The minimum absolute atomic E-state index is 0. The first-order valence-corrected chi connectivity index (χ1v) is 10.2. The molecule has 0 unspecified atom stereocenters. The smallest absolute Gasteiger partial charge is 0.302 e. The van der Waals surface area contributed by atoms with Crippen LogP contribution in [0.1, 0.15) is 50.5 Å². The second kappa shape index (κ2) is 11.7. The van der Waals surface area contributed by atoms with Gasteiger partial charge in [0.25, 0.3) is 0 Å². The highest BCUT2D eigenvalue weighted by Crippen LogP contribution is 2.33. The van der Waals surface area contributed by atoms with Gasteiger partial charge >= 0.3 is 5.97 Å². The Balaban J connectivity index is 0.00000300. The number of hydrogen-bond donors (Lipinski definition) is 1. The molecule has 5 nitrogen and oxygen atoms in total. The molecule has 2 fully saturated rings. The molecule has 2 heterocycles. The molecule has 0 amide bonds. The van der Waals surface area contributed by atoms with Crippen molar-refractivity contribution in [2.24, 2.45) is 0 Å². The van der Waals surface area contributed by atoms with Gasteiger partial charge in [-0.3, -0.25) is 4.79 Å². The number of rotatable bonds is 7. The van der Waals surface area contributed by atoms with Gasteiger partial charge in [-0.1, -0.05) is 0 Å². The molecule has 164 valence electrons. The van der Waals surface area contributed by atoms with Crippen LogP contribution in [0, 0.1) is 11.6 Å². The predicted molar refractivity (Wildman–Crippen MR) is 110 cm³/mol. The van der Waals surface area contributed by atoms with Gasteiger partial charge in [-0.05, 0) is 81.9 Å². The summed E-state index contributed by atoms with van der Waals surface area (Å²) in [6.07, 6.45) is 3.91. The van der Waals surface area contributed by atoms with Crippen molar-refractivity contribution in [3.05, 3.63) is 29.3 Å². The van der Waals surface area contributed by atoms with Crippen LogP contribution in [0.15, 0.2) is 12.1 Å². The van der Waals surface area contributed by atoms with Crippen molar-refractivity contribution in [2.75, 3.05) is 39.3 Å². The van der Waals surface area contributed by atoms with Gasteiger partial charge in [0.2, 0.25) is 0 Å². The maximum Gasteiger partial charge on any atom is 0.302 e. The molecule has 2 aliphatic rings. The zero-order chi connectivity index (χ0) is 19.9. The van der Waals surface area contributed by atoms with Crippen molar-refractivity contribution < 1.29 is 23.0 Å². The second-order valence-corrected chi connectivity index (χ2v) is 7.69. The van der Waals surface area contributed by atoms with Gasteiger partial charge in [-0.15, -0.1) is 12.4 Å². The summed E-state index contributed by atoms with van der Waals surface area (Å²) in [4.78, 5) is 13.1. The Morgan fingerprint density at radius 1 is 1.14 bits per heavy atom. The van der Waals surface area contributed by atoms with E-state index < -0.39 is 11.6 Å². The Labute approximate surface area is 177 Å². The molecule has 0 bridgehead atoms. The standard InChI is InChI=1S/C21H30F2N2O3.ClH/c1-15(26)27-12-2-9-25-10-5-16(6-11-25)17-13-19(22)21(20(23)14-17)28-18-3-7-24-8-4-18;/h13-14,16,18,24H,2-12H2,1H3;1H. The van der Waals surface area contributed by atoms with E-state index in [2.05, 4.69) is 10.2 Å². The average Bonchev–Trinajstić information content (AvgIpc) is 2.69. The summed E-state index contributed by atoms with van der Waals surface area (Å²) in [7, 11) is 0. The van der Waals surface area contributed by atoms with E-state index in [1.165, 1.54) is 19.1 Å². The van der Waals surface area contributed by atoms with Crippen LogP contribution in [-0.2, 0) is 9.53 Å².